The molecule has 0 saturated heterocycles. The molecule has 3 N–H and O–H groups in total. The van der Waals surface area contributed by atoms with Crippen molar-refractivity contribution in [2.75, 3.05) is 11.9 Å². The lowest BCUT2D eigenvalue weighted by molar-refractivity contribution is -0.118. The molecule has 3 amide bonds. The summed E-state index contributed by atoms with van der Waals surface area (Å²) in [6, 6.07) is 16.1. The summed E-state index contributed by atoms with van der Waals surface area (Å²) < 4.78 is 0. The largest absolute Gasteiger partial charge is 0.370 e. The van der Waals surface area contributed by atoms with Gasteiger partial charge in [-0.15, -0.1) is 0 Å². The summed E-state index contributed by atoms with van der Waals surface area (Å²) in [4.78, 5) is 25.0. The summed E-state index contributed by atoms with van der Waals surface area (Å²) in [5.41, 5.74) is 6.80. The van der Waals surface area contributed by atoms with Crippen LogP contribution < -0.4 is 11.1 Å². The van der Waals surface area contributed by atoms with Gasteiger partial charge >= 0.3 is 6.03 Å². The van der Waals surface area contributed by atoms with Crippen LogP contribution in [0.15, 0.2) is 54.6 Å². The van der Waals surface area contributed by atoms with Crippen molar-refractivity contribution in [1.82, 2.24) is 4.90 Å². The number of rotatable bonds is 6. The Bertz CT molecular complexity index is 659. The maximum Gasteiger partial charge on any atom is 0.322 e. The van der Waals surface area contributed by atoms with E-state index in [-0.39, 0.29) is 19.0 Å². The molecule has 0 bridgehead atoms. The van der Waals surface area contributed by atoms with E-state index in [1.807, 2.05) is 30.3 Å². The first-order chi connectivity index (χ1) is 11.0. The van der Waals surface area contributed by atoms with Gasteiger partial charge in [-0.1, -0.05) is 41.9 Å². The van der Waals surface area contributed by atoms with Gasteiger partial charge in [0.2, 0.25) is 5.91 Å². The monoisotopic (exact) mass is 331 g/mol. The summed E-state index contributed by atoms with van der Waals surface area (Å²) >= 11 is 5.83. The van der Waals surface area contributed by atoms with Gasteiger partial charge in [-0.3, -0.25) is 4.79 Å². The zero-order valence-corrected chi connectivity index (χ0v) is 13.3. The number of hydrogen-bond donors (Lipinski definition) is 2. The highest BCUT2D eigenvalue weighted by Gasteiger charge is 2.15. The molecule has 2 aromatic carbocycles. The molecule has 0 spiro atoms. The minimum absolute atomic E-state index is 0.112. The molecule has 0 aromatic heterocycles. The van der Waals surface area contributed by atoms with E-state index in [4.69, 9.17) is 17.3 Å². The van der Waals surface area contributed by atoms with E-state index in [1.54, 1.807) is 29.2 Å². The van der Waals surface area contributed by atoms with Crippen molar-refractivity contribution in [2.45, 2.75) is 13.0 Å². The van der Waals surface area contributed by atoms with Gasteiger partial charge in [-0.25, -0.2) is 4.79 Å². The number of anilines is 1. The predicted molar refractivity (Wildman–Crippen MR) is 91.1 cm³/mol. The van der Waals surface area contributed by atoms with Crippen LogP contribution in [-0.4, -0.2) is 23.4 Å². The predicted octanol–water partition coefficient (Wildman–Crippen LogP) is 3.25. The smallest absolute Gasteiger partial charge is 0.322 e. The summed E-state index contributed by atoms with van der Waals surface area (Å²) in [6.07, 6.45) is 0.112. The molecular formula is C17H18ClN3O2. The number of hydrogen-bond acceptors (Lipinski definition) is 2. The van der Waals surface area contributed by atoms with E-state index in [1.165, 1.54) is 0 Å². The normalized spacial score (nSPS) is 10.1. The average molecular weight is 332 g/mol. The SMILES string of the molecule is NC(=O)CCN(Cc1ccccc1)C(=O)Nc1ccc(Cl)cc1. The Labute approximate surface area is 140 Å². The molecule has 0 saturated carbocycles. The minimum Gasteiger partial charge on any atom is -0.370 e. The highest BCUT2D eigenvalue weighted by molar-refractivity contribution is 6.30. The molecule has 120 valence electrons. The molecule has 0 radical (unpaired) electrons. The van der Waals surface area contributed by atoms with Crippen molar-refractivity contribution in [3.8, 4) is 0 Å². The number of nitrogens with one attached hydrogen (secondary N) is 1. The van der Waals surface area contributed by atoms with Crippen LogP contribution in [0.1, 0.15) is 12.0 Å². The quantitative estimate of drug-likeness (QED) is 0.852. The Morgan fingerprint density at radius 1 is 1.04 bits per heavy atom. The number of primary amides is 1. The summed E-state index contributed by atoms with van der Waals surface area (Å²) in [5.74, 6) is -0.442. The van der Waals surface area contributed by atoms with Crippen molar-refractivity contribution in [3.05, 3.63) is 65.2 Å². The van der Waals surface area contributed by atoms with Crippen LogP contribution in [0.2, 0.25) is 5.02 Å². The Morgan fingerprint density at radius 3 is 2.30 bits per heavy atom. The van der Waals surface area contributed by atoms with Gasteiger partial charge in [-0.05, 0) is 29.8 Å². The van der Waals surface area contributed by atoms with Gasteiger partial charge in [0.1, 0.15) is 0 Å². The van der Waals surface area contributed by atoms with Crippen molar-refractivity contribution in [3.63, 3.8) is 0 Å². The Morgan fingerprint density at radius 2 is 1.70 bits per heavy atom. The van der Waals surface area contributed by atoms with E-state index in [0.29, 0.717) is 17.3 Å². The van der Waals surface area contributed by atoms with E-state index in [0.717, 1.165) is 5.56 Å². The number of nitrogens with two attached hydrogens (primary N) is 1. The third-order valence-electron chi connectivity index (χ3n) is 3.23. The second-order valence-electron chi connectivity index (χ2n) is 5.06. The molecular weight excluding hydrogens is 314 g/mol. The van der Waals surface area contributed by atoms with Crippen LogP contribution in [0, 0.1) is 0 Å². The molecule has 0 aliphatic carbocycles. The fraction of sp³-hybridized carbons (Fsp3) is 0.176. The first kappa shape index (κ1) is 16.8. The Hall–Kier alpha value is -2.53. The molecule has 5 nitrogen and oxygen atoms in total. The number of halogens is 1. The van der Waals surface area contributed by atoms with Crippen LogP contribution in [0.4, 0.5) is 10.5 Å². The topological polar surface area (TPSA) is 75.4 Å². The van der Waals surface area contributed by atoms with Crippen molar-refractivity contribution in [2.24, 2.45) is 5.73 Å². The summed E-state index contributed by atoms with van der Waals surface area (Å²) in [6.45, 7) is 0.650. The molecule has 0 unspecified atom stereocenters. The number of carbonyl (C=O) groups is 2. The Kier molecular flexibility index (Phi) is 6.00. The average Bonchev–Trinajstić information content (AvgIpc) is 2.54. The molecule has 23 heavy (non-hydrogen) atoms. The zero-order valence-electron chi connectivity index (χ0n) is 12.5. The van der Waals surface area contributed by atoms with Crippen molar-refractivity contribution >= 4 is 29.2 Å². The van der Waals surface area contributed by atoms with Crippen LogP contribution >= 0.6 is 11.6 Å². The molecule has 6 heteroatoms. The highest BCUT2D eigenvalue weighted by Crippen LogP contribution is 2.15. The minimum atomic E-state index is -0.442. The van der Waals surface area contributed by atoms with Gasteiger partial charge in [0.05, 0.1) is 0 Å². The molecule has 0 aliphatic heterocycles. The summed E-state index contributed by atoms with van der Waals surface area (Å²) in [7, 11) is 0. The first-order valence-electron chi connectivity index (χ1n) is 7.18. The molecule has 0 atom stereocenters. The third kappa shape index (κ3) is 5.64. The lowest BCUT2D eigenvalue weighted by Gasteiger charge is -2.23. The highest BCUT2D eigenvalue weighted by atomic mass is 35.5. The second-order valence-corrected chi connectivity index (χ2v) is 5.50. The fourth-order valence-electron chi connectivity index (χ4n) is 2.04. The lowest BCUT2D eigenvalue weighted by Crippen LogP contribution is -2.36. The van der Waals surface area contributed by atoms with Gasteiger partial charge in [0.25, 0.3) is 0 Å². The van der Waals surface area contributed by atoms with Gasteiger partial charge < -0.3 is 16.0 Å². The van der Waals surface area contributed by atoms with Crippen LogP contribution in [-0.2, 0) is 11.3 Å². The Balaban J connectivity index is 2.06. The van der Waals surface area contributed by atoms with Gasteiger partial charge in [0.15, 0.2) is 0 Å². The molecule has 0 heterocycles. The van der Waals surface area contributed by atoms with E-state index < -0.39 is 5.91 Å². The number of amides is 3. The van der Waals surface area contributed by atoms with E-state index in [2.05, 4.69) is 5.32 Å². The summed E-state index contributed by atoms with van der Waals surface area (Å²) in [5, 5.41) is 3.38. The fourth-order valence-corrected chi connectivity index (χ4v) is 2.16. The standard InChI is InChI=1S/C17H18ClN3O2/c18-14-6-8-15(9-7-14)20-17(23)21(11-10-16(19)22)12-13-4-2-1-3-5-13/h1-9H,10-12H2,(H2,19,22)(H,20,23). The van der Waals surface area contributed by atoms with Gasteiger partial charge in [-0.2, -0.15) is 0 Å². The van der Waals surface area contributed by atoms with E-state index >= 15 is 0 Å². The van der Waals surface area contributed by atoms with Crippen LogP contribution in [0.5, 0.6) is 0 Å². The second kappa shape index (κ2) is 8.19. The first-order valence-corrected chi connectivity index (χ1v) is 7.56. The number of urea groups is 1. The van der Waals surface area contributed by atoms with Gasteiger partial charge in [0, 0.05) is 30.2 Å². The molecule has 0 fully saturated rings. The number of carbonyl (C=O) groups excluding carboxylic acids is 2. The third-order valence-corrected chi connectivity index (χ3v) is 3.48. The molecule has 2 aromatic rings. The maximum absolute atomic E-state index is 12.4. The maximum atomic E-state index is 12.4. The van der Waals surface area contributed by atoms with Crippen LogP contribution in [0.3, 0.4) is 0 Å². The lowest BCUT2D eigenvalue weighted by atomic mass is 10.2. The molecule has 2 rings (SSSR count). The number of benzene rings is 2. The number of nitrogens with zero attached hydrogens (tertiary/aromatic N) is 1. The van der Waals surface area contributed by atoms with Crippen molar-refractivity contribution < 1.29 is 9.59 Å². The van der Waals surface area contributed by atoms with Crippen molar-refractivity contribution in [1.29, 1.82) is 0 Å². The molecule has 0 aliphatic rings. The van der Waals surface area contributed by atoms with Crippen LogP contribution in [0.25, 0.3) is 0 Å². The zero-order chi connectivity index (χ0) is 16.7. The van der Waals surface area contributed by atoms with E-state index in [9.17, 15) is 9.59 Å².